The molecule has 1 saturated carbocycles. The first-order valence-corrected chi connectivity index (χ1v) is 11.3. The minimum absolute atomic E-state index is 0.126. The fourth-order valence-corrected chi connectivity index (χ4v) is 4.83. The molecule has 1 unspecified atom stereocenters. The largest absolute Gasteiger partial charge is 0.314 e. The van der Waals surface area contributed by atoms with Crippen molar-refractivity contribution in [1.82, 2.24) is 20.4 Å². The molecule has 1 atom stereocenters. The number of piperidine rings is 2. The van der Waals surface area contributed by atoms with E-state index in [1.807, 2.05) is 6.07 Å². The number of carbonyl (C=O) groups is 4. The smallest absolute Gasteiger partial charge is 0.262 e. The molecule has 1 aromatic carbocycles. The number of nitrogens with one attached hydrogen (secondary N) is 2. The van der Waals surface area contributed by atoms with Crippen LogP contribution in [0.4, 0.5) is 0 Å². The lowest BCUT2D eigenvalue weighted by Gasteiger charge is -2.32. The monoisotopic (exact) mass is 424 g/mol. The van der Waals surface area contributed by atoms with Crippen molar-refractivity contribution in [3.8, 4) is 0 Å². The third kappa shape index (κ3) is 4.14. The molecule has 5 rings (SSSR count). The summed E-state index contributed by atoms with van der Waals surface area (Å²) < 4.78 is 0. The number of nitrogens with zero attached hydrogens (tertiary/aromatic N) is 2. The average Bonchev–Trinajstić information content (AvgIpc) is 3.55. The summed E-state index contributed by atoms with van der Waals surface area (Å²) in [6.07, 6.45) is 5.28. The Morgan fingerprint density at radius 1 is 0.935 bits per heavy atom. The minimum atomic E-state index is -0.921. The topological polar surface area (TPSA) is 98.8 Å². The van der Waals surface area contributed by atoms with Crippen LogP contribution >= 0.6 is 0 Å². The highest BCUT2D eigenvalue weighted by Gasteiger charge is 2.44. The van der Waals surface area contributed by atoms with Gasteiger partial charge in [0.2, 0.25) is 11.8 Å². The Hall–Kier alpha value is -2.58. The maximum atomic E-state index is 13.0. The van der Waals surface area contributed by atoms with Gasteiger partial charge >= 0.3 is 0 Å². The summed E-state index contributed by atoms with van der Waals surface area (Å²) in [5.74, 6) is -0.955. The lowest BCUT2D eigenvalue weighted by Crippen LogP contribution is -2.54. The van der Waals surface area contributed by atoms with Gasteiger partial charge in [0.1, 0.15) is 6.04 Å². The van der Waals surface area contributed by atoms with Gasteiger partial charge in [-0.1, -0.05) is 6.07 Å². The molecule has 3 fully saturated rings. The number of rotatable bonds is 6. The van der Waals surface area contributed by atoms with Crippen LogP contribution in [-0.2, 0) is 16.1 Å². The van der Waals surface area contributed by atoms with Gasteiger partial charge in [0.25, 0.3) is 11.8 Å². The van der Waals surface area contributed by atoms with Gasteiger partial charge in [-0.3, -0.25) is 34.3 Å². The number of fused-ring (bicyclic) bond motifs is 1. The zero-order valence-corrected chi connectivity index (χ0v) is 17.6. The highest BCUT2D eigenvalue weighted by Crippen LogP contribution is 2.30. The number of imide groups is 2. The quantitative estimate of drug-likeness (QED) is 0.663. The van der Waals surface area contributed by atoms with Crippen LogP contribution in [0.2, 0.25) is 0 Å². The van der Waals surface area contributed by atoms with E-state index in [4.69, 9.17) is 0 Å². The fourth-order valence-electron chi connectivity index (χ4n) is 4.83. The summed E-state index contributed by atoms with van der Waals surface area (Å²) in [6, 6.07) is 5.06. The highest BCUT2D eigenvalue weighted by atomic mass is 16.2. The normalized spacial score (nSPS) is 25.2. The molecule has 31 heavy (non-hydrogen) atoms. The van der Waals surface area contributed by atoms with Crippen molar-refractivity contribution in [1.29, 1.82) is 0 Å². The van der Waals surface area contributed by atoms with E-state index in [2.05, 4.69) is 15.5 Å². The van der Waals surface area contributed by atoms with Gasteiger partial charge in [-0.05, 0) is 75.4 Å². The van der Waals surface area contributed by atoms with Gasteiger partial charge in [-0.15, -0.1) is 0 Å². The molecule has 164 valence electrons. The first kappa shape index (κ1) is 20.3. The Morgan fingerprint density at radius 3 is 2.39 bits per heavy atom. The van der Waals surface area contributed by atoms with Crippen LogP contribution in [0.3, 0.4) is 0 Å². The van der Waals surface area contributed by atoms with Crippen LogP contribution in [0.5, 0.6) is 0 Å². The number of hydrogen-bond donors (Lipinski definition) is 2. The molecule has 1 aliphatic carbocycles. The van der Waals surface area contributed by atoms with E-state index >= 15 is 0 Å². The van der Waals surface area contributed by atoms with Gasteiger partial charge in [-0.25, -0.2) is 0 Å². The Morgan fingerprint density at radius 2 is 1.68 bits per heavy atom. The number of benzene rings is 1. The molecule has 8 heteroatoms. The molecule has 4 aliphatic rings. The first-order valence-electron chi connectivity index (χ1n) is 11.3. The standard InChI is InChI=1S/C23H28N4O4/c28-20-6-5-19(21(29)25-20)27-22(30)17-4-3-15(11-18(17)23(27)31)13-26-9-7-16(8-10-26)24-12-14-1-2-14/h3-4,11,14,16,19,24H,1-2,5-10,12-13H2,(H,25,28,29). The lowest BCUT2D eigenvalue weighted by atomic mass is 10.0. The van der Waals surface area contributed by atoms with Crippen LogP contribution in [-0.4, -0.2) is 65.1 Å². The summed E-state index contributed by atoms with van der Waals surface area (Å²) in [5.41, 5.74) is 1.68. The third-order valence-electron chi connectivity index (χ3n) is 6.89. The highest BCUT2D eigenvalue weighted by molar-refractivity contribution is 6.23. The maximum Gasteiger partial charge on any atom is 0.262 e. The third-order valence-corrected chi connectivity index (χ3v) is 6.89. The van der Waals surface area contributed by atoms with Crippen LogP contribution in [0.1, 0.15) is 64.8 Å². The molecule has 3 aliphatic heterocycles. The SMILES string of the molecule is O=C1CCC(N2C(=O)c3ccc(CN4CCC(NCC5CC5)CC4)cc3C2=O)C(=O)N1. The van der Waals surface area contributed by atoms with Crippen molar-refractivity contribution < 1.29 is 19.2 Å². The molecule has 2 N–H and O–H groups in total. The van der Waals surface area contributed by atoms with E-state index in [0.29, 0.717) is 17.2 Å². The molecule has 0 bridgehead atoms. The fraction of sp³-hybridized carbons (Fsp3) is 0.565. The summed E-state index contributed by atoms with van der Waals surface area (Å²) >= 11 is 0. The van der Waals surface area contributed by atoms with Crippen molar-refractivity contribution in [3.05, 3.63) is 34.9 Å². The maximum absolute atomic E-state index is 13.0. The number of amides is 4. The summed E-state index contributed by atoms with van der Waals surface area (Å²) in [6.45, 7) is 3.90. The second kappa shape index (κ2) is 8.16. The van der Waals surface area contributed by atoms with Crippen molar-refractivity contribution in [2.75, 3.05) is 19.6 Å². The van der Waals surface area contributed by atoms with Gasteiger partial charge in [0, 0.05) is 19.0 Å². The minimum Gasteiger partial charge on any atom is -0.314 e. The van der Waals surface area contributed by atoms with Crippen molar-refractivity contribution in [2.45, 2.75) is 57.2 Å². The van der Waals surface area contributed by atoms with Gasteiger partial charge in [0.15, 0.2) is 0 Å². The van der Waals surface area contributed by atoms with E-state index in [9.17, 15) is 19.2 Å². The van der Waals surface area contributed by atoms with Crippen molar-refractivity contribution >= 4 is 23.6 Å². The average molecular weight is 425 g/mol. The Kier molecular flexibility index (Phi) is 5.35. The van der Waals surface area contributed by atoms with Crippen LogP contribution < -0.4 is 10.6 Å². The molecule has 8 nitrogen and oxygen atoms in total. The number of carbonyl (C=O) groups excluding carboxylic acids is 4. The Labute approximate surface area is 181 Å². The number of hydrogen-bond acceptors (Lipinski definition) is 6. The van der Waals surface area contributed by atoms with Crippen LogP contribution in [0.15, 0.2) is 18.2 Å². The molecule has 3 heterocycles. The Bertz CT molecular complexity index is 934. The lowest BCUT2D eigenvalue weighted by molar-refractivity contribution is -0.136. The summed E-state index contributed by atoms with van der Waals surface area (Å²) in [4.78, 5) is 52.8. The molecule has 2 saturated heterocycles. The zero-order chi connectivity index (χ0) is 21.5. The van der Waals surface area contributed by atoms with E-state index in [1.54, 1.807) is 12.1 Å². The molecule has 0 aromatic heterocycles. The number of likely N-dealkylation sites (tertiary alicyclic amines) is 1. The van der Waals surface area contributed by atoms with Crippen LogP contribution in [0.25, 0.3) is 0 Å². The predicted octanol–water partition coefficient (Wildman–Crippen LogP) is 1.05. The first-order chi connectivity index (χ1) is 15.0. The zero-order valence-electron chi connectivity index (χ0n) is 17.6. The van der Waals surface area contributed by atoms with E-state index in [0.717, 1.165) is 55.4 Å². The molecule has 0 spiro atoms. The van der Waals surface area contributed by atoms with Gasteiger partial charge in [-0.2, -0.15) is 0 Å². The molecule has 0 radical (unpaired) electrons. The van der Waals surface area contributed by atoms with Crippen LogP contribution in [0, 0.1) is 5.92 Å². The summed E-state index contributed by atoms with van der Waals surface area (Å²) in [5, 5.41) is 5.91. The molecular formula is C23H28N4O4. The van der Waals surface area contributed by atoms with Gasteiger partial charge in [0.05, 0.1) is 11.1 Å². The molecule has 1 aromatic rings. The second-order valence-electron chi connectivity index (χ2n) is 9.23. The summed E-state index contributed by atoms with van der Waals surface area (Å²) in [7, 11) is 0. The van der Waals surface area contributed by atoms with Gasteiger partial charge < -0.3 is 5.32 Å². The van der Waals surface area contributed by atoms with E-state index < -0.39 is 23.8 Å². The Balaban J connectivity index is 1.22. The van der Waals surface area contributed by atoms with E-state index in [1.165, 1.54) is 12.8 Å². The second-order valence-corrected chi connectivity index (χ2v) is 9.23. The van der Waals surface area contributed by atoms with Crippen molar-refractivity contribution in [2.24, 2.45) is 5.92 Å². The predicted molar refractivity (Wildman–Crippen MR) is 112 cm³/mol. The van der Waals surface area contributed by atoms with Crippen molar-refractivity contribution in [3.63, 3.8) is 0 Å². The van der Waals surface area contributed by atoms with E-state index in [-0.39, 0.29) is 18.7 Å². The molecular weight excluding hydrogens is 396 g/mol. The molecule has 4 amide bonds.